The van der Waals surface area contributed by atoms with Crippen LogP contribution < -0.4 is 10.3 Å². The van der Waals surface area contributed by atoms with Gasteiger partial charge < -0.3 is 4.42 Å². The minimum atomic E-state index is -0.648. The van der Waals surface area contributed by atoms with Crippen molar-refractivity contribution in [3.63, 3.8) is 0 Å². The standard InChI is InChI=1S/C22H16ClN3O3S/c1-3-16-24-25-22(30-16)26-18(12-6-4-11(2)5-7-12)17-19(27)14-10-13(23)8-9-15(14)29-20(17)21(26)28/h4-10,18H,3H2,1-2H3. The molecular weight excluding hydrogens is 422 g/mol. The van der Waals surface area contributed by atoms with Gasteiger partial charge in [0.1, 0.15) is 10.6 Å². The third-order valence-electron chi connectivity index (χ3n) is 5.19. The molecule has 0 radical (unpaired) electrons. The van der Waals surface area contributed by atoms with E-state index in [2.05, 4.69) is 10.2 Å². The lowest BCUT2D eigenvalue weighted by atomic mass is 9.98. The highest BCUT2D eigenvalue weighted by molar-refractivity contribution is 7.15. The summed E-state index contributed by atoms with van der Waals surface area (Å²) in [4.78, 5) is 28.4. The molecule has 1 atom stereocenters. The van der Waals surface area contributed by atoms with Gasteiger partial charge in [-0.15, -0.1) is 10.2 Å². The third-order valence-corrected chi connectivity index (χ3v) is 6.49. The molecule has 2 aromatic carbocycles. The molecule has 3 heterocycles. The fraction of sp³-hybridized carbons (Fsp3) is 0.182. The molecule has 2 aromatic heterocycles. The van der Waals surface area contributed by atoms with Crippen LogP contribution in [0.4, 0.5) is 5.13 Å². The van der Waals surface area contributed by atoms with Crippen LogP contribution in [0.25, 0.3) is 11.0 Å². The summed E-state index contributed by atoms with van der Waals surface area (Å²) in [5, 5.41) is 10.4. The Hall–Kier alpha value is -3.03. The molecule has 0 fully saturated rings. The Labute approximate surface area is 180 Å². The molecule has 0 saturated heterocycles. The van der Waals surface area contributed by atoms with E-state index < -0.39 is 11.9 Å². The summed E-state index contributed by atoms with van der Waals surface area (Å²) in [7, 11) is 0. The summed E-state index contributed by atoms with van der Waals surface area (Å²) in [6, 6.07) is 11.9. The molecular formula is C22H16ClN3O3S. The van der Waals surface area contributed by atoms with E-state index in [4.69, 9.17) is 16.0 Å². The van der Waals surface area contributed by atoms with Crippen LogP contribution in [0.3, 0.4) is 0 Å². The largest absolute Gasteiger partial charge is 0.450 e. The molecule has 6 nitrogen and oxygen atoms in total. The average molecular weight is 438 g/mol. The Morgan fingerprint density at radius 3 is 2.60 bits per heavy atom. The number of carbonyl (C=O) groups is 1. The molecule has 1 aliphatic rings. The lowest BCUT2D eigenvalue weighted by Crippen LogP contribution is -2.29. The Balaban J connectivity index is 1.80. The Bertz CT molecular complexity index is 1360. The number of anilines is 1. The van der Waals surface area contributed by atoms with Gasteiger partial charge in [0, 0.05) is 5.02 Å². The van der Waals surface area contributed by atoms with Crippen molar-refractivity contribution >= 4 is 44.9 Å². The average Bonchev–Trinajstić information content (AvgIpc) is 3.32. The number of nitrogens with zero attached hydrogens (tertiary/aromatic N) is 3. The van der Waals surface area contributed by atoms with Gasteiger partial charge in [0.25, 0.3) is 5.91 Å². The summed E-state index contributed by atoms with van der Waals surface area (Å²) in [6.07, 6.45) is 0.710. The van der Waals surface area contributed by atoms with Crippen LogP contribution >= 0.6 is 22.9 Å². The van der Waals surface area contributed by atoms with Crippen molar-refractivity contribution in [3.8, 4) is 0 Å². The normalized spacial score (nSPS) is 15.8. The Morgan fingerprint density at radius 2 is 1.90 bits per heavy atom. The number of benzene rings is 2. The van der Waals surface area contributed by atoms with Gasteiger partial charge in [0.05, 0.1) is 17.0 Å². The number of aromatic nitrogens is 2. The van der Waals surface area contributed by atoms with Crippen molar-refractivity contribution in [2.75, 3.05) is 4.90 Å². The second-order valence-corrected chi connectivity index (χ2v) is 8.61. The molecule has 0 bridgehead atoms. The van der Waals surface area contributed by atoms with Crippen LogP contribution in [0.1, 0.15) is 45.2 Å². The van der Waals surface area contributed by atoms with Crippen LogP contribution in [0, 0.1) is 6.92 Å². The highest BCUT2D eigenvalue weighted by Crippen LogP contribution is 2.42. The fourth-order valence-corrected chi connectivity index (χ4v) is 4.67. The van der Waals surface area contributed by atoms with Crippen LogP contribution in [-0.2, 0) is 6.42 Å². The first kappa shape index (κ1) is 19.0. The lowest BCUT2D eigenvalue weighted by molar-refractivity contribution is 0.0970. The number of carbonyl (C=O) groups excluding carboxylic acids is 1. The SMILES string of the molecule is CCc1nnc(N2C(=O)c3oc4ccc(Cl)cc4c(=O)c3C2c2ccc(C)cc2)s1. The molecule has 8 heteroatoms. The minimum absolute atomic E-state index is 0.0358. The topological polar surface area (TPSA) is 76.3 Å². The number of aryl methyl sites for hydroxylation is 2. The van der Waals surface area contributed by atoms with Gasteiger partial charge in [0.15, 0.2) is 5.43 Å². The van der Waals surface area contributed by atoms with Gasteiger partial charge in [-0.3, -0.25) is 14.5 Å². The van der Waals surface area contributed by atoms with Crippen LogP contribution in [0.15, 0.2) is 51.7 Å². The monoisotopic (exact) mass is 437 g/mol. The first-order valence-corrected chi connectivity index (χ1v) is 10.7. The molecule has 1 amide bonds. The molecule has 30 heavy (non-hydrogen) atoms. The van der Waals surface area contributed by atoms with E-state index in [0.29, 0.717) is 33.1 Å². The van der Waals surface area contributed by atoms with Gasteiger partial charge in [-0.2, -0.15) is 0 Å². The highest BCUT2D eigenvalue weighted by atomic mass is 35.5. The lowest BCUT2D eigenvalue weighted by Gasteiger charge is -2.22. The van der Waals surface area contributed by atoms with Crippen molar-refractivity contribution < 1.29 is 9.21 Å². The number of amides is 1. The molecule has 4 aromatic rings. The second-order valence-electron chi connectivity index (χ2n) is 7.13. The summed E-state index contributed by atoms with van der Waals surface area (Å²) >= 11 is 7.45. The zero-order chi connectivity index (χ0) is 21.0. The number of rotatable bonds is 3. The molecule has 0 saturated carbocycles. The third kappa shape index (κ3) is 2.85. The van der Waals surface area contributed by atoms with Crippen molar-refractivity contribution in [1.82, 2.24) is 10.2 Å². The van der Waals surface area contributed by atoms with E-state index in [1.165, 1.54) is 16.2 Å². The molecule has 150 valence electrons. The molecule has 0 spiro atoms. The summed E-state index contributed by atoms with van der Waals surface area (Å²) in [5.74, 6) is -0.364. The van der Waals surface area contributed by atoms with E-state index in [9.17, 15) is 9.59 Å². The number of hydrogen-bond donors (Lipinski definition) is 0. The highest BCUT2D eigenvalue weighted by Gasteiger charge is 2.45. The molecule has 5 rings (SSSR count). The van der Waals surface area contributed by atoms with Gasteiger partial charge in [0.2, 0.25) is 10.9 Å². The first-order chi connectivity index (χ1) is 14.5. The van der Waals surface area contributed by atoms with E-state index in [-0.39, 0.29) is 11.2 Å². The van der Waals surface area contributed by atoms with Crippen molar-refractivity contribution in [3.05, 3.63) is 85.2 Å². The minimum Gasteiger partial charge on any atom is -0.450 e. The summed E-state index contributed by atoms with van der Waals surface area (Å²) < 4.78 is 5.92. The van der Waals surface area contributed by atoms with E-state index in [0.717, 1.165) is 16.1 Å². The molecule has 1 aliphatic heterocycles. The fourth-order valence-electron chi connectivity index (χ4n) is 3.69. The maximum absolute atomic E-state index is 13.5. The van der Waals surface area contributed by atoms with Gasteiger partial charge in [-0.05, 0) is 37.1 Å². The zero-order valence-corrected chi connectivity index (χ0v) is 17.8. The predicted molar refractivity (Wildman–Crippen MR) is 117 cm³/mol. The Kier molecular flexibility index (Phi) is 4.45. The number of hydrogen-bond acceptors (Lipinski definition) is 6. The van der Waals surface area contributed by atoms with Crippen molar-refractivity contribution in [2.24, 2.45) is 0 Å². The number of fused-ring (bicyclic) bond motifs is 2. The molecule has 0 aliphatic carbocycles. The van der Waals surface area contributed by atoms with E-state index in [1.54, 1.807) is 18.2 Å². The van der Waals surface area contributed by atoms with E-state index in [1.807, 2.05) is 38.1 Å². The quantitative estimate of drug-likeness (QED) is 0.454. The van der Waals surface area contributed by atoms with Crippen LogP contribution in [-0.4, -0.2) is 16.1 Å². The maximum Gasteiger partial charge on any atom is 0.297 e. The van der Waals surface area contributed by atoms with Crippen molar-refractivity contribution in [1.29, 1.82) is 0 Å². The van der Waals surface area contributed by atoms with Gasteiger partial charge in [-0.1, -0.05) is 59.7 Å². The predicted octanol–water partition coefficient (Wildman–Crippen LogP) is 4.92. The number of halogens is 1. The second kappa shape index (κ2) is 7.04. The maximum atomic E-state index is 13.5. The van der Waals surface area contributed by atoms with Crippen LogP contribution in [0.5, 0.6) is 0 Å². The van der Waals surface area contributed by atoms with Crippen molar-refractivity contribution in [2.45, 2.75) is 26.3 Å². The first-order valence-electron chi connectivity index (χ1n) is 9.46. The zero-order valence-electron chi connectivity index (χ0n) is 16.2. The summed E-state index contributed by atoms with van der Waals surface area (Å²) in [5.41, 5.74) is 2.24. The van der Waals surface area contributed by atoms with Gasteiger partial charge in [-0.25, -0.2) is 0 Å². The summed E-state index contributed by atoms with van der Waals surface area (Å²) in [6.45, 7) is 3.96. The molecule has 1 unspecified atom stereocenters. The van der Waals surface area contributed by atoms with E-state index >= 15 is 0 Å². The molecule has 0 N–H and O–H groups in total. The van der Waals surface area contributed by atoms with Crippen LogP contribution in [0.2, 0.25) is 5.02 Å². The van der Waals surface area contributed by atoms with Gasteiger partial charge >= 0.3 is 0 Å². The smallest absolute Gasteiger partial charge is 0.297 e. The Morgan fingerprint density at radius 1 is 1.13 bits per heavy atom.